The molecule has 0 fully saturated rings. The van der Waals surface area contributed by atoms with Crippen LogP contribution in [0.25, 0.3) is 0 Å². The van der Waals surface area contributed by atoms with Crippen molar-refractivity contribution in [1.29, 1.82) is 0 Å². The van der Waals surface area contributed by atoms with E-state index in [0.717, 1.165) is 47.6 Å². The number of rotatable bonds is 6. The van der Waals surface area contributed by atoms with E-state index in [1.807, 2.05) is 18.2 Å². The van der Waals surface area contributed by atoms with Gasteiger partial charge in [0.2, 0.25) is 6.79 Å². The highest BCUT2D eigenvalue weighted by Crippen LogP contribution is 2.34. The van der Waals surface area contributed by atoms with Crippen molar-refractivity contribution in [3.8, 4) is 11.5 Å². The van der Waals surface area contributed by atoms with E-state index in [-0.39, 0.29) is 13.2 Å². The van der Waals surface area contributed by atoms with Crippen LogP contribution in [0.5, 0.6) is 11.5 Å². The third-order valence-electron chi connectivity index (χ3n) is 5.03. The molecule has 5 nitrogen and oxygen atoms in total. The molecular formula is C25H21F6NO4. The largest absolute Gasteiger partial charge is 0.481 e. The van der Waals surface area contributed by atoms with Gasteiger partial charge in [0, 0.05) is 18.3 Å². The lowest BCUT2D eigenvalue weighted by Gasteiger charge is -2.09. The van der Waals surface area contributed by atoms with Crippen LogP contribution in [-0.2, 0) is 30.0 Å². The highest BCUT2D eigenvalue weighted by Gasteiger charge is 2.30. The fraction of sp³-hybridized carbons (Fsp3) is 0.240. The Morgan fingerprint density at radius 2 is 1.31 bits per heavy atom. The molecule has 11 heteroatoms. The monoisotopic (exact) mass is 513 g/mol. The normalized spacial score (nSPS) is 12.5. The molecule has 0 aromatic heterocycles. The number of ether oxygens (including phenoxy) is 2. The summed E-state index contributed by atoms with van der Waals surface area (Å²) in [4.78, 5) is 10.2. The van der Waals surface area contributed by atoms with Gasteiger partial charge in [0.05, 0.1) is 17.5 Å². The van der Waals surface area contributed by atoms with Gasteiger partial charge in [0.15, 0.2) is 11.5 Å². The van der Waals surface area contributed by atoms with E-state index in [0.29, 0.717) is 30.0 Å². The maximum atomic E-state index is 12.5. The Labute approximate surface area is 202 Å². The number of carbonyl (C=O) groups is 1. The molecule has 0 saturated carbocycles. The number of hydrogen-bond acceptors (Lipinski definition) is 4. The number of alkyl halides is 6. The summed E-state index contributed by atoms with van der Waals surface area (Å²) in [5, 5.41) is 11.6. The quantitative estimate of drug-likeness (QED) is 0.373. The highest BCUT2D eigenvalue weighted by molar-refractivity contribution is 5.70. The van der Waals surface area contributed by atoms with Gasteiger partial charge in [-0.1, -0.05) is 24.3 Å². The minimum atomic E-state index is -4.37. The number of aliphatic carboxylic acids is 1. The Balaban J connectivity index is 0.000000223. The van der Waals surface area contributed by atoms with Crippen LogP contribution in [0.4, 0.5) is 32.0 Å². The topological polar surface area (TPSA) is 67.8 Å². The predicted molar refractivity (Wildman–Crippen MR) is 119 cm³/mol. The summed E-state index contributed by atoms with van der Waals surface area (Å²) in [6.07, 6.45) is -8.30. The van der Waals surface area contributed by atoms with Gasteiger partial charge >= 0.3 is 18.3 Å². The van der Waals surface area contributed by atoms with Crippen LogP contribution in [0.3, 0.4) is 0 Å². The zero-order chi connectivity index (χ0) is 26.3. The summed E-state index contributed by atoms with van der Waals surface area (Å²) in [6.45, 7) is 0.843. The van der Waals surface area contributed by atoms with E-state index in [9.17, 15) is 31.1 Å². The number of fused-ring (bicyclic) bond motifs is 1. The van der Waals surface area contributed by atoms with Crippen LogP contribution in [-0.4, -0.2) is 24.4 Å². The first-order chi connectivity index (χ1) is 16.9. The molecule has 1 heterocycles. The Morgan fingerprint density at radius 1 is 0.778 bits per heavy atom. The molecule has 0 bridgehead atoms. The van der Waals surface area contributed by atoms with E-state index in [4.69, 9.17) is 14.6 Å². The maximum Gasteiger partial charge on any atom is 0.416 e. The number of anilines is 1. The zero-order valence-electron chi connectivity index (χ0n) is 18.6. The fourth-order valence-electron chi connectivity index (χ4n) is 3.20. The molecule has 0 unspecified atom stereocenters. The van der Waals surface area contributed by atoms with Crippen molar-refractivity contribution in [3.05, 3.63) is 89.0 Å². The first-order valence-electron chi connectivity index (χ1n) is 10.6. The molecule has 3 aromatic rings. The van der Waals surface area contributed by atoms with Gasteiger partial charge < -0.3 is 19.9 Å². The molecule has 2 N–H and O–H groups in total. The smallest absolute Gasteiger partial charge is 0.416 e. The Bertz CT molecular complexity index is 1160. The van der Waals surface area contributed by atoms with Gasteiger partial charge in [0.1, 0.15) is 0 Å². The van der Waals surface area contributed by atoms with Crippen molar-refractivity contribution in [2.45, 2.75) is 25.2 Å². The van der Waals surface area contributed by atoms with Crippen molar-refractivity contribution in [3.63, 3.8) is 0 Å². The summed E-state index contributed by atoms with van der Waals surface area (Å²) in [5.41, 5.74) is 0.689. The molecule has 0 saturated heterocycles. The molecular weight excluding hydrogens is 492 g/mol. The summed E-state index contributed by atoms with van der Waals surface area (Å²) in [5.74, 6) is 0.345. The minimum Gasteiger partial charge on any atom is -0.481 e. The SMILES string of the molecule is FC(F)(F)c1ccc(CCNc2ccc3c(c2)OCO3)cc1.O=C(O)Cc1ccc(C(F)(F)F)cc1. The second kappa shape index (κ2) is 11.2. The molecule has 0 amide bonds. The first kappa shape index (κ1) is 26.7. The van der Waals surface area contributed by atoms with Gasteiger partial charge in [-0.05, 0) is 53.9 Å². The maximum absolute atomic E-state index is 12.5. The van der Waals surface area contributed by atoms with Gasteiger partial charge in [-0.3, -0.25) is 4.79 Å². The van der Waals surface area contributed by atoms with E-state index in [1.54, 1.807) is 0 Å². The van der Waals surface area contributed by atoms with Crippen LogP contribution in [0.2, 0.25) is 0 Å². The summed E-state index contributed by atoms with van der Waals surface area (Å²) < 4.78 is 84.1. The number of halogens is 6. The van der Waals surface area contributed by atoms with Crippen molar-refractivity contribution < 1.29 is 45.7 Å². The van der Waals surface area contributed by atoms with Crippen LogP contribution in [0.15, 0.2) is 66.7 Å². The predicted octanol–water partition coefficient (Wildman–Crippen LogP) is 6.42. The lowest BCUT2D eigenvalue weighted by atomic mass is 10.1. The molecule has 0 radical (unpaired) electrons. The van der Waals surface area contributed by atoms with Crippen LogP contribution >= 0.6 is 0 Å². The van der Waals surface area contributed by atoms with Crippen molar-refractivity contribution in [1.82, 2.24) is 0 Å². The van der Waals surface area contributed by atoms with Crippen LogP contribution in [0.1, 0.15) is 22.3 Å². The molecule has 4 rings (SSSR count). The average molecular weight is 513 g/mol. The van der Waals surface area contributed by atoms with Crippen molar-refractivity contribution in [2.75, 3.05) is 18.7 Å². The molecule has 1 aliphatic heterocycles. The zero-order valence-corrected chi connectivity index (χ0v) is 18.6. The lowest BCUT2D eigenvalue weighted by molar-refractivity contribution is -0.138. The minimum absolute atomic E-state index is 0.227. The van der Waals surface area contributed by atoms with Crippen LogP contribution < -0.4 is 14.8 Å². The Morgan fingerprint density at radius 3 is 1.83 bits per heavy atom. The van der Waals surface area contributed by atoms with Crippen molar-refractivity contribution in [2.24, 2.45) is 0 Å². The van der Waals surface area contributed by atoms with E-state index in [1.165, 1.54) is 12.1 Å². The second-order valence-corrected chi connectivity index (χ2v) is 7.70. The molecule has 192 valence electrons. The molecule has 0 spiro atoms. The third-order valence-corrected chi connectivity index (χ3v) is 5.03. The third kappa shape index (κ3) is 7.82. The molecule has 0 aliphatic carbocycles. The molecule has 3 aromatic carbocycles. The van der Waals surface area contributed by atoms with Gasteiger partial charge in [0.25, 0.3) is 0 Å². The summed E-state index contributed by atoms with van der Waals surface area (Å²) in [6, 6.07) is 14.8. The second-order valence-electron chi connectivity index (χ2n) is 7.70. The lowest BCUT2D eigenvalue weighted by Crippen LogP contribution is -2.07. The summed E-state index contributed by atoms with van der Waals surface area (Å²) in [7, 11) is 0. The molecule has 1 aliphatic rings. The van der Waals surface area contributed by atoms with Gasteiger partial charge in [-0.2, -0.15) is 26.3 Å². The van der Waals surface area contributed by atoms with Gasteiger partial charge in [-0.15, -0.1) is 0 Å². The van der Waals surface area contributed by atoms with Crippen molar-refractivity contribution >= 4 is 11.7 Å². The fourth-order valence-corrected chi connectivity index (χ4v) is 3.20. The average Bonchev–Trinajstić information content (AvgIpc) is 3.27. The Hall–Kier alpha value is -3.89. The number of carboxylic acid groups (broad SMARTS) is 1. The standard InChI is InChI=1S/C16H14F3NO2.C9H7F3O2/c17-16(18,19)12-3-1-11(2-4-12)7-8-20-13-5-6-14-15(9-13)22-10-21-14;10-9(11,12)7-3-1-6(2-4-7)5-8(13)14/h1-6,9,20H,7-8,10H2;1-4H,5H2,(H,13,14). The number of benzene rings is 3. The first-order valence-corrected chi connectivity index (χ1v) is 10.6. The molecule has 36 heavy (non-hydrogen) atoms. The van der Waals surface area contributed by atoms with Gasteiger partial charge in [-0.25, -0.2) is 0 Å². The van der Waals surface area contributed by atoms with E-state index in [2.05, 4.69) is 5.32 Å². The van der Waals surface area contributed by atoms with E-state index >= 15 is 0 Å². The number of carboxylic acids is 1. The van der Waals surface area contributed by atoms with Crippen LogP contribution in [0, 0.1) is 0 Å². The van der Waals surface area contributed by atoms with E-state index < -0.39 is 29.4 Å². The number of hydrogen-bond donors (Lipinski definition) is 2. The number of nitrogens with one attached hydrogen (secondary N) is 1. The highest BCUT2D eigenvalue weighted by atomic mass is 19.4. The Kier molecular flexibility index (Phi) is 8.33. The summed E-state index contributed by atoms with van der Waals surface area (Å²) >= 11 is 0. The molecule has 0 atom stereocenters.